The molecule has 0 fully saturated rings. The topological polar surface area (TPSA) is 77.4 Å². The highest BCUT2D eigenvalue weighted by Crippen LogP contribution is 2.41. The van der Waals surface area contributed by atoms with Gasteiger partial charge >= 0.3 is 0 Å². The maximum Gasteiger partial charge on any atom is 0.261 e. The Bertz CT molecular complexity index is 1400. The van der Waals surface area contributed by atoms with E-state index in [0.717, 1.165) is 16.8 Å². The van der Waals surface area contributed by atoms with Crippen LogP contribution in [0, 0.1) is 0 Å². The fraction of sp³-hybridized carbons (Fsp3) is 0.111. The van der Waals surface area contributed by atoms with Crippen LogP contribution in [0.4, 0.5) is 11.5 Å². The number of carbonyl (C=O) groups is 1. The van der Waals surface area contributed by atoms with E-state index in [9.17, 15) is 4.79 Å². The third-order valence-electron chi connectivity index (χ3n) is 5.82. The Hall–Kier alpha value is -4.23. The van der Waals surface area contributed by atoms with Gasteiger partial charge in [-0.1, -0.05) is 54.1 Å². The molecule has 176 valence electrons. The maximum atomic E-state index is 13.2. The van der Waals surface area contributed by atoms with Crippen LogP contribution < -0.4 is 20.1 Å². The maximum absolute atomic E-state index is 13.2. The summed E-state index contributed by atoms with van der Waals surface area (Å²) in [4.78, 5) is 13.2. The van der Waals surface area contributed by atoms with E-state index in [1.165, 1.54) is 0 Å². The zero-order valence-corrected chi connectivity index (χ0v) is 19.9. The third-order valence-corrected chi connectivity index (χ3v) is 6.07. The Morgan fingerprint density at radius 3 is 2.49 bits per heavy atom. The van der Waals surface area contributed by atoms with Crippen molar-refractivity contribution in [2.45, 2.75) is 6.04 Å². The van der Waals surface area contributed by atoms with Gasteiger partial charge < -0.3 is 20.1 Å². The summed E-state index contributed by atoms with van der Waals surface area (Å²) in [5.74, 6) is 1.52. The molecule has 1 aliphatic heterocycles. The third kappa shape index (κ3) is 4.34. The molecule has 1 aliphatic rings. The molecule has 8 heteroatoms. The molecule has 0 saturated carbocycles. The highest BCUT2D eigenvalue weighted by atomic mass is 35.5. The van der Waals surface area contributed by atoms with Crippen molar-refractivity contribution in [1.29, 1.82) is 0 Å². The summed E-state index contributed by atoms with van der Waals surface area (Å²) in [5, 5.41) is 11.5. The van der Waals surface area contributed by atoms with Crippen LogP contribution in [0.5, 0.6) is 11.5 Å². The second-order valence-electron chi connectivity index (χ2n) is 7.91. The lowest BCUT2D eigenvalue weighted by atomic mass is 9.99. The number of carbonyl (C=O) groups excluding carboxylic acids is 1. The number of nitrogens with one attached hydrogen (secondary N) is 2. The van der Waals surface area contributed by atoms with Gasteiger partial charge in [0.2, 0.25) is 0 Å². The van der Waals surface area contributed by atoms with Gasteiger partial charge in [0.25, 0.3) is 5.91 Å². The number of rotatable bonds is 6. The molecule has 5 rings (SSSR count). The smallest absolute Gasteiger partial charge is 0.261 e. The van der Waals surface area contributed by atoms with Gasteiger partial charge in [0.15, 0.2) is 11.5 Å². The number of nitrogens with zero attached hydrogens (tertiary/aromatic N) is 2. The average Bonchev–Trinajstić information content (AvgIpc) is 3.33. The molecule has 0 spiro atoms. The van der Waals surface area contributed by atoms with Crippen molar-refractivity contribution in [1.82, 2.24) is 9.78 Å². The van der Waals surface area contributed by atoms with Crippen molar-refractivity contribution >= 4 is 34.7 Å². The first kappa shape index (κ1) is 22.6. The highest BCUT2D eigenvalue weighted by Gasteiger charge is 2.30. The summed E-state index contributed by atoms with van der Waals surface area (Å²) >= 11 is 5.98. The Labute approximate surface area is 207 Å². The molecule has 2 heterocycles. The summed E-state index contributed by atoms with van der Waals surface area (Å²) in [6.07, 6.45) is 3.63. The number of hydrogen-bond acceptors (Lipinski definition) is 5. The van der Waals surface area contributed by atoms with Crippen LogP contribution in [0.1, 0.15) is 27.5 Å². The zero-order chi connectivity index (χ0) is 24.4. The largest absolute Gasteiger partial charge is 0.493 e. The van der Waals surface area contributed by atoms with Gasteiger partial charge in [0.1, 0.15) is 17.4 Å². The average molecular weight is 487 g/mol. The van der Waals surface area contributed by atoms with Crippen LogP contribution in [-0.2, 0) is 0 Å². The van der Waals surface area contributed by atoms with E-state index in [2.05, 4.69) is 21.8 Å². The fourth-order valence-electron chi connectivity index (χ4n) is 4.15. The first-order valence-corrected chi connectivity index (χ1v) is 11.4. The van der Waals surface area contributed by atoms with E-state index in [1.54, 1.807) is 49.4 Å². The molecule has 3 aromatic carbocycles. The Balaban J connectivity index is 1.60. The molecule has 0 radical (unpaired) electrons. The SMILES string of the molecule is COc1cccc([C@H]2C=C(c3ccccc3)Nc3c(C(=O)Nc4ccc(Cl)cc4)cnn32)c1OC. The van der Waals surface area contributed by atoms with E-state index in [1.807, 2.05) is 48.5 Å². The Morgan fingerprint density at radius 2 is 1.77 bits per heavy atom. The quantitative estimate of drug-likeness (QED) is 0.357. The number of benzene rings is 3. The minimum absolute atomic E-state index is 0.285. The number of ether oxygens (including phenoxy) is 2. The van der Waals surface area contributed by atoms with Crippen LogP contribution in [0.3, 0.4) is 0 Å². The minimum atomic E-state index is -0.344. The normalized spacial score (nSPS) is 14.4. The van der Waals surface area contributed by atoms with E-state index < -0.39 is 0 Å². The van der Waals surface area contributed by atoms with E-state index in [0.29, 0.717) is 33.6 Å². The Kier molecular flexibility index (Phi) is 6.16. The molecule has 1 aromatic heterocycles. The lowest BCUT2D eigenvalue weighted by Crippen LogP contribution is -2.22. The fourth-order valence-corrected chi connectivity index (χ4v) is 4.27. The lowest BCUT2D eigenvalue weighted by molar-refractivity contribution is 0.102. The van der Waals surface area contributed by atoms with Crippen LogP contribution in [-0.4, -0.2) is 29.9 Å². The van der Waals surface area contributed by atoms with Crippen molar-refractivity contribution in [3.8, 4) is 11.5 Å². The molecular weight excluding hydrogens is 464 g/mol. The molecule has 1 amide bonds. The second kappa shape index (κ2) is 9.56. The number of hydrogen-bond donors (Lipinski definition) is 2. The van der Waals surface area contributed by atoms with Crippen molar-refractivity contribution < 1.29 is 14.3 Å². The molecule has 1 atom stereocenters. The van der Waals surface area contributed by atoms with Crippen molar-refractivity contribution in [3.63, 3.8) is 0 Å². The predicted octanol–water partition coefficient (Wildman–Crippen LogP) is 5.86. The van der Waals surface area contributed by atoms with E-state index in [4.69, 9.17) is 21.1 Å². The molecule has 4 aromatic rings. The predicted molar refractivity (Wildman–Crippen MR) is 137 cm³/mol. The van der Waals surface area contributed by atoms with Gasteiger partial charge in [-0.3, -0.25) is 4.79 Å². The number of fused-ring (bicyclic) bond motifs is 1. The molecule has 0 unspecified atom stereocenters. The lowest BCUT2D eigenvalue weighted by Gasteiger charge is -2.27. The summed E-state index contributed by atoms with van der Waals surface area (Å²) < 4.78 is 13.0. The summed E-state index contributed by atoms with van der Waals surface area (Å²) in [6, 6.07) is 22.3. The van der Waals surface area contributed by atoms with Gasteiger partial charge in [0.05, 0.1) is 20.4 Å². The van der Waals surface area contributed by atoms with E-state index in [-0.39, 0.29) is 11.9 Å². The first-order valence-electron chi connectivity index (χ1n) is 11.0. The molecule has 35 heavy (non-hydrogen) atoms. The van der Waals surface area contributed by atoms with Crippen LogP contribution in [0.2, 0.25) is 5.02 Å². The Morgan fingerprint density at radius 1 is 1.00 bits per heavy atom. The second-order valence-corrected chi connectivity index (χ2v) is 8.35. The summed E-state index contributed by atoms with van der Waals surface area (Å²) in [6.45, 7) is 0. The number of halogens is 1. The van der Waals surface area contributed by atoms with E-state index >= 15 is 0 Å². The van der Waals surface area contributed by atoms with Crippen LogP contribution in [0.15, 0.2) is 85.1 Å². The van der Waals surface area contributed by atoms with Gasteiger partial charge in [-0.15, -0.1) is 0 Å². The first-order chi connectivity index (χ1) is 17.1. The number of aromatic nitrogens is 2. The zero-order valence-electron chi connectivity index (χ0n) is 19.2. The molecule has 2 N–H and O–H groups in total. The standard InChI is InChI=1S/C27H23ClN4O3/c1-34-24-10-6-9-20(25(24)35-2)23-15-22(17-7-4-3-5-8-17)31-26-21(16-29-32(23)26)27(33)30-19-13-11-18(28)12-14-19/h3-16,23,31H,1-2H3,(H,30,33)/t23-/m1/s1. The van der Waals surface area contributed by atoms with Crippen molar-refractivity contribution in [2.24, 2.45) is 0 Å². The van der Waals surface area contributed by atoms with Gasteiger partial charge in [-0.25, -0.2) is 4.68 Å². The van der Waals surface area contributed by atoms with Crippen LogP contribution in [0.25, 0.3) is 5.70 Å². The van der Waals surface area contributed by atoms with Crippen molar-refractivity contribution in [2.75, 3.05) is 24.9 Å². The number of amides is 1. The monoisotopic (exact) mass is 486 g/mol. The number of anilines is 2. The van der Waals surface area contributed by atoms with Gasteiger partial charge in [-0.05, 0) is 42.0 Å². The summed E-state index contributed by atoms with van der Waals surface area (Å²) in [7, 11) is 3.22. The molecule has 0 saturated heterocycles. The summed E-state index contributed by atoms with van der Waals surface area (Å²) in [5.41, 5.74) is 3.74. The van der Waals surface area contributed by atoms with Crippen molar-refractivity contribution in [3.05, 3.63) is 107 Å². The number of allylic oxidation sites excluding steroid dienone is 1. The van der Waals surface area contributed by atoms with Crippen LogP contribution >= 0.6 is 11.6 Å². The molecule has 0 bridgehead atoms. The number of para-hydroxylation sites is 1. The minimum Gasteiger partial charge on any atom is -0.493 e. The molecule has 0 aliphatic carbocycles. The molecule has 7 nitrogen and oxygen atoms in total. The van der Waals surface area contributed by atoms with Gasteiger partial charge in [-0.2, -0.15) is 5.10 Å². The molecular formula is C27H23ClN4O3. The van der Waals surface area contributed by atoms with Gasteiger partial charge in [0, 0.05) is 22.0 Å². The highest BCUT2D eigenvalue weighted by molar-refractivity contribution is 6.30. The number of methoxy groups -OCH3 is 2.